The summed E-state index contributed by atoms with van der Waals surface area (Å²) in [7, 11) is -2.20. The van der Waals surface area contributed by atoms with Crippen molar-refractivity contribution in [3.05, 3.63) is 29.8 Å². The van der Waals surface area contributed by atoms with E-state index in [-0.39, 0.29) is 29.5 Å². The number of carbonyl (C=O) groups is 1. The van der Waals surface area contributed by atoms with Crippen molar-refractivity contribution in [3.8, 4) is 0 Å². The molecular formula is C11H16ClNO4S. The molecule has 102 valence electrons. The molecule has 0 aliphatic heterocycles. The Bertz CT molecular complexity index is 484. The summed E-state index contributed by atoms with van der Waals surface area (Å²) < 4.78 is 28.0. The van der Waals surface area contributed by atoms with E-state index in [2.05, 4.69) is 4.74 Å². The number of rotatable bonds is 5. The molecule has 0 fully saturated rings. The number of sulfone groups is 1. The Morgan fingerprint density at radius 3 is 2.28 bits per heavy atom. The SMILES string of the molecule is COC(=O)CCS(=O)(=O)c1ccc(CN)cc1.Cl. The van der Waals surface area contributed by atoms with Crippen LogP contribution in [-0.4, -0.2) is 27.2 Å². The highest BCUT2D eigenvalue weighted by Gasteiger charge is 2.16. The Morgan fingerprint density at radius 2 is 1.83 bits per heavy atom. The molecule has 0 saturated heterocycles. The van der Waals surface area contributed by atoms with Gasteiger partial charge >= 0.3 is 5.97 Å². The first-order chi connectivity index (χ1) is 7.99. The van der Waals surface area contributed by atoms with Crippen molar-refractivity contribution in [2.45, 2.75) is 17.9 Å². The van der Waals surface area contributed by atoms with Gasteiger partial charge in [0.25, 0.3) is 0 Å². The lowest BCUT2D eigenvalue weighted by Crippen LogP contribution is -2.12. The molecule has 5 nitrogen and oxygen atoms in total. The van der Waals surface area contributed by atoms with Crippen molar-refractivity contribution in [1.82, 2.24) is 0 Å². The lowest BCUT2D eigenvalue weighted by molar-refractivity contribution is -0.140. The first kappa shape index (κ1) is 16.9. The second-order valence-electron chi connectivity index (χ2n) is 3.49. The van der Waals surface area contributed by atoms with E-state index in [0.29, 0.717) is 6.54 Å². The van der Waals surface area contributed by atoms with Crippen LogP contribution in [0.25, 0.3) is 0 Å². The zero-order valence-corrected chi connectivity index (χ0v) is 11.6. The van der Waals surface area contributed by atoms with Crippen LogP contribution >= 0.6 is 12.4 Å². The Labute approximate surface area is 113 Å². The van der Waals surface area contributed by atoms with E-state index in [4.69, 9.17) is 5.73 Å². The van der Waals surface area contributed by atoms with Gasteiger partial charge in [-0.3, -0.25) is 4.79 Å². The largest absolute Gasteiger partial charge is 0.469 e. The molecule has 0 amide bonds. The highest BCUT2D eigenvalue weighted by molar-refractivity contribution is 7.91. The van der Waals surface area contributed by atoms with Gasteiger partial charge in [-0.15, -0.1) is 12.4 Å². The molecule has 0 aliphatic carbocycles. The van der Waals surface area contributed by atoms with E-state index in [9.17, 15) is 13.2 Å². The summed E-state index contributed by atoms with van der Waals surface area (Å²) in [6.45, 7) is 0.364. The smallest absolute Gasteiger partial charge is 0.306 e. The molecule has 1 aromatic rings. The molecule has 7 heteroatoms. The maximum Gasteiger partial charge on any atom is 0.306 e. The summed E-state index contributed by atoms with van der Waals surface area (Å²) in [4.78, 5) is 11.1. The van der Waals surface area contributed by atoms with Gasteiger partial charge in [-0.2, -0.15) is 0 Å². The number of ether oxygens (including phenoxy) is 1. The average Bonchev–Trinajstić information content (AvgIpc) is 2.36. The summed E-state index contributed by atoms with van der Waals surface area (Å²) in [5, 5.41) is 0. The Balaban J connectivity index is 0.00000289. The van der Waals surface area contributed by atoms with Crippen LogP contribution in [-0.2, 0) is 25.9 Å². The van der Waals surface area contributed by atoms with E-state index >= 15 is 0 Å². The summed E-state index contributed by atoms with van der Waals surface area (Å²) in [5.41, 5.74) is 6.27. The number of esters is 1. The van der Waals surface area contributed by atoms with Crippen molar-refractivity contribution in [2.24, 2.45) is 5.73 Å². The number of methoxy groups -OCH3 is 1. The summed E-state index contributed by atoms with van der Waals surface area (Å²) in [6, 6.07) is 6.31. The Morgan fingerprint density at radius 1 is 1.28 bits per heavy atom. The van der Waals surface area contributed by atoms with Gasteiger partial charge in [0.1, 0.15) is 0 Å². The Hall–Kier alpha value is -1.11. The zero-order valence-electron chi connectivity index (χ0n) is 9.96. The molecule has 0 heterocycles. The molecule has 0 aliphatic rings. The van der Waals surface area contributed by atoms with Crippen molar-refractivity contribution in [1.29, 1.82) is 0 Å². The average molecular weight is 294 g/mol. The van der Waals surface area contributed by atoms with Crippen molar-refractivity contribution >= 4 is 28.2 Å². The summed E-state index contributed by atoms with van der Waals surface area (Å²) >= 11 is 0. The van der Waals surface area contributed by atoms with Crippen molar-refractivity contribution in [2.75, 3.05) is 12.9 Å². The van der Waals surface area contributed by atoms with Gasteiger partial charge in [0.15, 0.2) is 9.84 Å². The lowest BCUT2D eigenvalue weighted by atomic mass is 10.2. The number of halogens is 1. The molecule has 0 radical (unpaired) electrons. The molecular weight excluding hydrogens is 278 g/mol. The molecule has 0 bridgehead atoms. The van der Waals surface area contributed by atoms with Gasteiger partial charge in [-0.25, -0.2) is 8.42 Å². The predicted octanol–water partition coefficient (Wildman–Crippen LogP) is 0.904. The molecule has 1 aromatic carbocycles. The summed E-state index contributed by atoms with van der Waals surface area (Å²) in [5.74, 6) is -0.783. The minimum atomic E-state index is -3.43. The molecule has 18 heavy (non-hydrogen) atoms. The minimum Gasteiger partial charge on any atom is -0.469 e. The fourth-order valence-electron chi connectivity index (χ4n) is 1.27. The van der Waals surface area contributed by atoms with Crippen LogP contribution in [0.3, 0.4) is 0 Å². The van der Waals surface area contributed by atoms with Crippen molar-refractivity contribution < 1.29 is 17.9 Å². The van der Waals surface area contributed by atoms with Crippen LogP contribution in [0.5, 0.6) is 0 Å². The normalized spacial score (nSPS) is 10.6. The van der Waals surface area contributed by atoms with Crippen LogP contribution < -0.4 is 5.73 Å². The molecule has 0 aromatic heterocycles. The third kappa shape index (κ3) is 4.64. The molecule has 2 N–H and O–H groups in total. The van der Waals surface area contributed by atoms with E-state index in [1.54, 1.807) is 12.1 Å². The van der Waals surface area contributed by atoms with Crippen LogP contribution in [0.4, 0.5) is 0 Å². The number of carbonyl (C=O) groups excluding carboxylic acids is 1. The topological polar surface area (TPSA) is 86.5 Å². The lowest BCUT2D eigenvalue weighted by Gasteiger charge is -2.04. The molecule has 0 spiro atoms. The highest BCUT2D eigenvalue weighted by Crippen LogP contribution is 2.13. The van der Waals surface area contributed by atoms with Crippen LogP contribution in [0.1, 0.15) is 12.0 Å². The van der Waals surface area contributed by atoms with E-state index in [1.807, 2.05) is 0 Å². The van der Waals surface area contributed by atoms with Crippen LogP contribution in [0.15, 0.2) is 29.2 Å². The fourth-order valence-corrected chi connectivity index (χ4v) is 2.49. The number of hydrogen-bond donors (Lipinski definition) is 1. The molecule has 0 atom stereocenters. The van der Waals surface area contributed by atoms with Gasteiger partial charge < -0.3 is 10.5 Å². The molecule has 1 rings (SSSR count). The standard InChI is InChI=1S/C11H15NO4S.ClH/c1-16-11(13)6-7-17(14,15)10-4-2-9(8-12)3-5-10;/h2-5H,6-8,12H2,1H3;1H. The highest BCUT2D eigenvalue weighted by atomic mass is 35.5. The second-order valence-corrected chi connectivity index (χ2v) is 5.60. The number of benzene rings is 1. The van der Waals surface area contributed by atoms with Gasteiger partial charge in [0.05, 0.1) is 24.2 Å². The third-order valence-electron chi connectivity index (χ3n) is 2.32. The monoisotopic (exact) mass is 293 g/mol. The van der Waals surface area contributed by atoms with E-state index in [0.717, 1.165) is 5.56 Å². The third-order valence-corrected chi connectivity index (χ3v) is 4.05. The van der Waals surface area contributed by atoms with E-state index in [1.165, 1.54) is 19.2 Å². The first-order valence-corrected chi connectivity index (χ1v) is 6.73. The van der Waals surface area contributed by atoms with Crippen molar-refractivity contribution in [3.63, 3.8) is 0 Å². The maximum absolute atomic E-state index is 11.8. The second kappa shape index (κ2) is 7.35. The van der Waals surface area contributed by atoms with E-state index < -0.39 is 15.8 Å². The van der Waals surface area contributed by atoms with Crippen LogP contribution in [0, 0.1) is 0 Å². The molecule has 0 saturated carbocycles. The zero-order chi connectivity index (χ0) is 12.9. The maximum atomic E-state index is 11.8. The number of hydrogen-bond acceptors (Lipinski definition) is 5. The Kier molecular flexibility index (Phi) is 6.90. The molecule has 0 unspecified atom stereocenters. The summed E-state index contributed by atoms with van der Waals surface area (Å²) in [6.07, 6.45) is -0.141. The van der Waals surface area contributed by atoms with Gasteiger partial charge in [-0.1, -0.05) is 12.1 Å². The van der Waals surface area contributed by atoms with Gasteiger partial charge in [-0.05, 0) is 17.7 Å². The number of nitrogens with two attached hydrogens (primary N) is 1. The van der Waals surface area contributed by atoms with Crippen LogP contribution in [0.2, 0.25) is 0 Å². The fraction of sp³-hybridized carbons (Fsp3) is 0.364. The van der Waals surface area contributed by atoms with Gasteiger partial charge in [0, 0.05) is 6.54 Å². The first-order valence-electron chi connectivity index (χ1n) is 5.08. The van der Waals surface area contributed by atoms with Gasteiger partial charge in [0.2, 0.25) is 0 Å². The minimum absolute atomic E-state index is 0. The quantitative estimate of drug-likeness (QED) is 0.815. The predicted molar refractivity (Wildman–Crippen MR) is 70.3 cm³/mol.